The largest absolute Gasteiger partial charge is 0.388 e. The fourth-order valence-electron chi connectivity index (χ4n) is 2.53. The molecule has 2 rings (SSSR count). The van der Waals surface area contributed by atoms with Gasteiger partial charge >= 0.3 is 0 Å². The fraction of sp³-hybridized carbons (Fsp3) is 0.600. The molecule has 0 spiro atoms. The summed E-state index contributed by atoms with van der Waals surface area (Å²) < 4.78 is 5.58. The van der Waals surface area contributed by atoms with E-state index in [2.05, 4.69) is 13.0 Å². The van der Waals surface area contributed by atoms with Crippen molar-refractivity contribution in [3.05, 3.63) is 35.4 Å². The van der Waals surface area contributed by atoms with Crippen LogP contribution in [-0.4, -0.2) is 17.8 Å². The van der Waals surface area contributed by atoms with E-state index < -0.39 is 0 Å². The first-order valence-corrected chi connectivity index (χ1v) is 6.62. The molecule has 0 saturated carbocycles. The minimum absolute atomic E-state index is 0.322. The quantitative estimate of drug-likeness (QED) is 0.846. The molecule has 1 N–H and O–H groups in total. The molecule has 2 heteroatoms. The molecule has 1 saturated heterocycles. The summed E-state index contributed by atoms with van der Waals surface area (Å²) in [6.07, 6.45) is 5.48. The Morgan fingerprint density at radius 3 is 2.94 bits per heavy atom. The van der Waals surface area contributed by atoms with Crippen LogP contribution in [0.2, 0.25) is 0 Å². The first kappa shape index (κ1) is 12.6. The molecule has 1 aliphatic heterocycles. The van der Waals surface area contributed by atoms with Gasteiger partial charge in [0.15, 0.2) is 0 Å². The van der Waals surface area contributed by atoms with Crippen molar-refractivity contribution in [3.63, 3.8) is 0 Å². The van der Waals surface area contributed by atoms with Crippen molar-refractivity contribution < 1.29 is 9.84 Å². The monoisotopic (exact) mass is 234 g/mol. The maximum Gasteiger partial charge on any atom is 0.0792 e. The zero-order chi connectivity index (χ0) is 12.1. The highest BCUT2D eigenvalue weighted by molar-refractivity contribution is 5.27. The zero-order valence-electron chi connectivity index (χ0n) is 10.6. The molecule has 1 aromatic carbocycles. The molecule has 1 fully saturated rings. The Balaban J connectivity index is 1.77. The van der Waals surface area contributed by atoms with E-state index in [9.17, 15) is 5.11 Å². The van der Waals surface area contributed by atoms with Crippen molar-refractivity contribution in [2.75, 3.05) is 6.61 Å². The van der Waals surface area contributed by atoms with Crippen LogP contribution in [0.1, 0.15) is 49.3 Å². The summed E-state index contributed by atoms with van der Waals surface area (Å²) in [5.41, 5.74) is 2.25. The molecule has 1 aliphatic rings. The van der Waals surface area contributed by atoms with Crippen molar-refractivity contribution >= 4 is 0 Å². The highest BCUT2D eigenvalue weighted by Gasteiger charge is 2.16. The van der Waals surface area contributed by atoms with Gasteiger partial charge in [0, 0.05) is 6.61 Å². The smallest absolute Gasteiger partial charge is 0.0792 e. The second-order valence-corrected chi connectivity index (χ2v) is 4.94. The van der Waals surface area contributed by atoms with E-state index in [4.69, 9.17) is 4.74 Å². The molecule has 0 aliphatic carbocycles. The molecule has 2 unspecified atom stereocenters. The lowest BCUT2D eigenvalue weighted by atomic mass is 9.98. The van der Waals surface area contributed by atoms with E-state index in [1.165, 1.54) is 18.4 Å². The Hall–Kier alpha value is -0.860. The van der Waals surface area contributed by atoms with Crippen LogP contribution >= 0.6 is 0 Å². The van der Waals surface area contributed by atoms with E-state index in [-0.39, 0.29) is 6.10 Å². The number of aryl methyl sites for hydroxylation is 1. The minimum atomic E-state index is -0.322. The molecule has 0 aromatic heterocycles. The number of rotatable bonds is 5. The lowest BCUT2D eigenvalue weighted by molar-refractivity contribution is 0.0944. The highest BCUT2D eigenvalue weighted by Crippen LogP contribution is 2.24. The summed E-state index contributed by atoms with van der Waals surface area (Å²) in [5, 5.41) is 10.1. The molecule has 0 amide bonds. The predicted octanol–water partition coefficient (Wildman–Crippen LogP) is 3.38. The van der Waals surface area contributed by atoms with Crippen molar-refractivity contribution in [2.24, 2.45) is 0 Å². The SMILES string of the molecule is Cc1ccccc1C(O)CCCC1CCCO1. The number of aliphatic hydroxyl groups excluding tert-OH is 1. The van der Waals surface area contributed by atoms with E-state index in [1.807, 2.05) is 18.2 Å². The summed E-state index contributed by atoms with van der Waals surface area (Å²) >= 11 is 0. The molecule has 1 aromatic rings. The maximum atomic E-state index is 10.1. The maximum absolute atomic E-state index is 10.1. The summed E-state index contributed by atoms with van der Waals surface area (Å²) in [5.74, 6) is 0. The van der Waals surface area contributed by atoms with E-state index in [0.717, 1.165) is 31.4 Å². The van der Waals surface area contributed by atoms with Crippen LogP contribution < -0.4 is 0 Å². The number of aliphatic hydroxyl groups is 1. The van der Waals surface area contributed by atoms with Crippen LogP contribution in [0.3, 0.4) is 0 Å². The van der Waals surface area contributed by atoms with Crippen LogP contribution in [0.25, 0.3) is 0 Å². The number of benzene rings is 1. The Morgan fingerprint density at radius 1 is 1.41 bits per heavy atom. The highest BCUT2D eigenvalue weighted by atomic mass is 16.5. The third-order valence-corrected chi connectivity index (χ3v) is 3.58. The first-order chi connectivity index (χ1) is 8.27. The van der Waals surface area contributed by atoms with Gasteiger partial charge in [-0.1, -0.05) is 24.3 Å². The summed E-state index contributed by atoms with van der Waals surface area (Å²) in [6, 6.07) is 8.08. The van der Waals surface area contributed by atoms with Gasteiger partial charge in [-0.25, -0.2) is 0 Å². The topological polar surface area (TPSA) is 29.5 Å². The van der Waals surface area contributed by atoms with E-state index in [1.54, 1.807) is 0 Å². The van der Waals surface area contributed by atoms with Crippen LogP contribution in [0.4, 0.5) is 0 Å². The molecule has 94 valence electrons. The van der Waals surface area contributed by atoms with Gasteiger partial charge in [0.05, 0.1) is 12.2 Å². The molecule has 17 heavy (non-hydrogen) atoms. The molecular formula is C15H22O2. The van der Waals surface area contributed by atoms with Crippen molar-refractivity contribution in [1.82, 2.24) is 0 Å². The van der Waals surface area contributed by atoms with Gasteiger partial charge in [-0.2, -0.15) is 0 Å². The van der Waals surface area contributed by atoms with E-state index in [0.29, 0.717) is 6.10 Å². The first-order valence-electron chi connectivity index (χ1n) is 6.62. The van der Waals surface area contributed by atoms with Crippen LogP contribution in [0, 0.1) is 6.92 Å². The minimum Gasteiger partial charge on any atom is -0.388 e. The van der Waals surface area contributed by atoms with Crippen LogP contribution in [0.15, 0.2) is 24.3 Å². The van der Waals surface area contributed by atoms with Gasteiger partial charge in [-0.3, -0.25) is 0 Å². The molecule has 0 bridgehead atoms. The second-order valence-electron chi connectivity index (χ2n) is 4.94. The molecular weight excluding hydrogens is 212 g/mol. The molecule has 1 heterocycles. The van der Waals surface area contributed by atoms with Gasteiger partial charge in [0.25, 0.3) is 0 Å². The third-order valence-electron chi connectivity index (χ3n) is 3.58. The number of hydrogen-bond acceptors (Lipinski definition) is 2. The summed E-state index contributed by atoms with van der Waals surface area (Å²) in [6.45, 7) is 2.98. The Kier molecular flexibility index (Phi) is 4.57. The lowest BCUT2D eigenvalue weighted by Crippen LogP contribution is -2.06. The van der Waals surface area contributed by atoms with Crippen molar-refractivity contribution in [2.45, 2.75) is 51.2 Å². The normalized spacial score (nSPS) is 21.6. The van der Waals surface area contributed by atoms with Crippen LogP contribution in [-0.2, 0) is 4.74 Å². The summed E-state index contributed by atoms with van der Waals surface area (Å²) in [4.78, 5) is 0. The average molecular weight is 234 g/mol. The van der Waals surface area contributed by atoms with Crippen molar-refractivity contribution in [1.29, 1.82) is 0 Å². The molecule has 2 atom stereocenters. The summed E-state index contributed by atoms with van der Waals surface area (Å²) in [7, 11) is 0. The number of ether oxygens (including phenoxy) is 1. The van der Waals surface area contributed by atoms with Crippen LogP contribution in [0.5, 0.6) is 0 Å². The van der Waals surface area contributed by atoms with Crippen molar-refractivity contribution in [3.8, 4) is 0 Å². The third kappa shape index (κ3) is 3.55. The van der Waals surface area contributed by atoms with Gasteiger partial charge in [-0.05, 0) is 50.2 Å². The van der Waals surface area contributed by atoms with Gasteiger partial charge in [0.2, 0.25) is 0 Å². The van der Waals surface area contributed by atoms with Gasteiger partial charge in [-0.15, -0.1) is 0 Å². The Morgan fingerprint density at radius 2 is 2.24 bits per heavy atom. The predicted molar refractivity (Wildman–Crippen MR) is 69.0 cm³/mol. The number of hydrogen-bond donors (Lipinski definition) is 1. The fourth-order valence-corrected chi connectivity index (χ4v) is 2.53. The zero-order valence-corrected chi connectivity index (χ0v) is 10.6. The standard InChI is InChI=1S/C15H22O2/c1-12-6-2-3-9-14(12)15(16)10-4-7-13-8-5-11-17-13/h2-3,6,9,13,15-16H,4-5,7-8,10-11H2,1H3. The van der Waals surface area contributed by atoms with E-state index >= 15 is 0 Å². The van der Waals surface area contributed by atoms with Gasteiger partial charge in [0.1, 0.15) is 0 Å². The average Bonchev–Trinajstić information content (AvgIpc) is 2.82. The Labute approximate surface area is 104 Å². The lowest BCUT2D eigenvalue weighted by Gasteiger charge is -2.15. The molecule has 0 radical (unpaired) electrons. The molecule has 2 nitrogen and oxygen atoms in total. The second kappa shape index (κ2) is 6.18. The Bertz CT molecular complexity index is 343. The van der Waals surface area contributed by atoms with Gasteiger partial charge < -0.3 is 9.84 Å².